The van der Waals surface area contributed by atoms with Gasteiger partial charge in [-0.3, -0.25) is 0 Å². The lowest BCUT2D eigenvalue weighted by molar-refractivity contribution is 0.217. The van der Waals surface area contributed by atoms with Gasteiger partial charge in [0.05, 0.1) is 23.0 Å². The lowest BCUT2D eigenvalue weighted by Crippen LogP contribution is -2.13. The number of ether oxygens (including phenoxy) is 1. The van der Waals surface area contributed by atoms with E-state index >= 15 is 0 Å². The van der Waals surface area contributed by atoms with Gasteiger partial charge in [-0.25, -0.2) is 16.8 Å². The number of methoxy groups -OCH3 is 1. The molecule has 8 heteroatoms. The fourth-order valence-electron chi connectivity index (χ4n) is 1.32. The summed E-state index contributed by atoms with van der Waals surface area (Å²) in [6.45, 7) is 0.107. The second-order valence-corrected chi connectivity index (χ2v) is 8.42. The highest BCUT2D eigenvalue weighted by atomic mass is 35.7. The van der Waals surface area contributed by atoms with Gasteiger partial charge in [0.25, 0.3) is 9.05 Å². The summed E-state index contributed by atoms with van der Waals surface area (Å²) in [5, 5.41) is 0. The van der Waals surface area contributed by atoms with Gasteiger partial charge in [0.15, 0.2) is 9.84 Å². The zero-order valence-electron chi connectivity index (χ0n) is 9.67. The Morgan fingerprint density at radius 3 is 2.44 bits per heavy atom. The van der Waals surface area contributed by atoms with Crippen LogP contribution in [0.15, 0.2) is 29.2 Å². The fraction of sp³-hybridized carbons (Fsp3) is 0.400. The second-order valence-electron chi connectivity index (χ2n) is 3.67. The molecule has 0 heterocycles. The lowest BCUT2D eigenvalue weighted by atomic mass is 10.2. The first-order valence-corrected chi connectivity index (χ1v) is 9.10. The molecular weight excluding hydrogens is 300 g/mol. The molecule has 0 aliphatic rings. The third-order valence-electron chi connectivity index (χ3n) is 2.17. The van der Waals surface area contributed by atoms with Crippen LogP contribution in [0.1, 0.15) is 5.56 Å². The predicted molar refractivity (Wildman–Crippen MR) is 68.8 cm³/mol. The van der Waals surface area contributed by atoms with E-state index < -0.39 is 18.9 Å². The summed E-state index contributed by atoms with van der Waals surface area (Å²) in [7, 11) is -0.566. The summed E-state index contributed by atoms with van der Waals surface area (Å²) in [6.07, 6.45) is 0. The van der Waals surface area contributed by atoms with Crippen molar-refractivity contribution >= 4 is 29.6 Å². The van der Waals surface area contributed by atoms with Crippen molar-refractivity contribution in [3.05, 3.63) is 29.8 Å². The first-order valence-electron chi connectivity index (χ1n) is 4.97. The van der Waals surface area contributed by atoms with Crippen molar-refractivity contribution < 1.29 is 21.6 Å². The molecule has 18 heavy (non-hydrogen) atoms. The van der Waals surface area contributed by atoms with Crippen LogP contribution in [0.5, 0.6) is 0 Å². The zero-order valence-corrected chi connectivity index (χ0v) is 12.1. The molecule has 102 valence electrons. The zero-order chi connectivity index (χ0) is 13.8. The van der Waals surface area contributed by atoms with Crippen molar-refractivity contribution in [1.29, 1.82) is 0 Å². The van der Waals surface area contributed by atoms with Crippen LogP contribution in [0, 0.1) is 0 Å². The predicted octanol–water partition coefficient (Wildman–Crippen LogP) is 1.18. The molecule has 5 nitrogen and oxygen atoms in total. The average Bonchev–Trinajstić information content (AvgIpc) is 2.25. The number of sulfone groups is 1. The smallest absolute Gasteiger partial charge is 0.261 e. The summed E-state index contributed by atoms with van der Waals surface area (Å²) in [6, 6.07) is 5.56. The van der Waals surface area contributed by atoms with Gasteiger partial charge in [-0.1, -0.05) is 12.1 Å². The summed E-state index contributed by atoms with van der Waals surface area (Å²) < 4.78 is 50.2. The van der Waals surface area contributed by atoms with Crippen LogP contribution < -0.4 is 0 Å². The quantitative estimate of drug-likeness (QED) is 0.737. The van der Waals surface area contributed by atoms with Crippen molar-refractivity contribution in [1.82, 2.24) is 0 Å². The van der Waals surface area contributed by atoms with Crippen molar-refractivity contribution in [2.24, 2.45) is 0 Å². The minimum atomic E-state index is -3.85. The van der Waals surface area contributed by atoms with Crippen LogP contribution in [0.2, 0.25) is 0 Å². The van der Waals surface area contributed by atoms with Gasteiger partial charge in [-0.05, 0) is 17.7 Å². The SMILES string of the molecule is COCCS(=O)(=O)Cc1cccc(S(=O)(=O)Cl)c1. The monoisotopic (exact) mass is 312 g/mol. The molecule has 0 saturated carbocycles. The molecule has 0 radical (unpaired) electrons. The highest BCUT2D eigenvalue weighted by Gasteiger charge is 2.15. The van der Waals surface area contributed by atoms with Crippen molar-refractivity contribution in [2.75, 3.05) is 19.5 Å². The van der Waals surface area contributed by atoms with Crippen LogP contribution in [0.25, 0.3) is 0 Å². The Morgan fingerprint density at radius 1 is 1.22 bits per heavy atom. The molecule has 0 fully saturated rings. The van der Waals surface area contributed by atoms with E-state index in [9.17, 15) is 16.8 Å². The number of rotatable bonds is 6. The van der Waals surface area contributed by atoms with E-state index in [0.717, 1.165) is 0 Å². The van der Waals surface area contributed by atoms with Crippen LogP contribution >= 0.6 is 10.7 Å². The maximum atomic E-state index is 11.7. The number of hydrogen-bond acceptors (Lipinski definition) is 5. The molecule has 0 bridgehead atoms. The molecule has 0 N–H and O–H groups in total. The van der Waals surface area contributed by atoms with Gasteiger partial charge in [0.1, 0.15) is 0 Å². The summed E-state index contributed by atoms with van der Waals surface area (Å²) in [4.78, 5) is -0.108. The van der Waals surface area contributed by atoms with Crippen molar-refractivity contribution in [3.63, 3.8) is 0 Å². The molecule has 0 saturated heterocycles. The van der Waals surface area contributed by atoms with Gasteiger partial charge in [-0.15, -0.1) is 0 Å². The van der Waals surface area contributed by atoms with E-state index in [1.54, 1.807) is 0 Å². The molecule has 0 atom stereocenters. The molecule has 0 unspecified atom stereocenters. The maximum Gasteiger partial charge on any atom is 0.261 e. The van der Waals surface area contributed by atoms with Crippen LogP contribution in [-0.2, 0) is 29.4 Å². The fourth-order valence-corrected chi connectivity index (χ4v) is 3.40. The van der Waals surface area contributed by atoms with Crippen molar-refractivity contribution in [2.45, 2.75) is 10.6 Å². The van der Waals surface area contributed by atoms with Gasteiger partial charge in [0, 0.05) is 17.8 Å². The van der Waals surface area contributed by atoms with Crippen LogP contribution in [-0.4, -0.2) is 36.3 Å². The topological polar surface area (TPSA) is 77.5 Å². The molecule has 0 aromatic heterocycles. The molecule has 0 aliphatic carbocycles. The second kappa shape index (κ2) is 6.01. The van der Waals surface area contributed by atoms with Crippen LogP contribution in [0.3, 0.4) is 0 Å². The Hall–Kier alpha value is -0.630. The molecule has 1 aromatic rings. The lowest BCUT2D eigenvalue weighted by Gasteiger charge is -2.05. The summed E-state index contributed by atoms with van der Waals surface area (Å²) >= 11 is 0. The molecule has 1 rings (SSSR count). The van der Waals surface area contributed by atoms with Crippen molar-refractivity contribution in [3.8, 4) is 0 Å². The largest absolute Gasteiger partial charge is 0.384 e. The standard InChI is InChI=1S/C10H13ClO5S2/c1-16-5-6-17(12,13)8-9-3-2-4-10(7-9)18(11,14)15/h2-4,7H,5-6,8H2,1H3. The Kier molecular flexibility index (Phi) is 5.15. The number of benzene rings is 1. The average molecular weight is 313 g/mol. The Labute approximate surface area is 111 Å². The minimum absolute atomic E-state index is 0.107. The van der Waals surface area contributed by atoms with E-state index in [0.29, 0.717) is 5.56 Å². The normalized spacial score (nSPS) is 12.6. The Bertz CT molecular complexity index is 607. The first kappa shape index (κ1) is 15.4. The summed E-state index contributed by atoms with van der Waals surface area (Å²) in [5.41, 5.74) is 0.382. The van der Waals surface area contributed by atoms with Gasteiger partial charge in [0.2, 0.25) is 0 Å². The van der Waals surface area contributed by atoms with E-state index in [2.05, 4.69) is 0 Å². The number of hydrogen-bond donors (Lipinski definition) is 0. The minimum Gasteiger partial charge on any atom is -0.384 e. The maximum absolute atomic E-state index is 11.7. The number of halogens is 1. The Balaban J connectivity index is 2.93. The third kappa shape index (κ3) is 4.93. The van der Waals surface area contributed by atoms with Crippen LogP contribution in [0.4, 0.5) is 0 Å². The van der Waals surface area contributed by atoms with E-state index in [-0.39, 0.29) is 23.0 Å². The van der Waals surface area contributed by atoms with Gasteiger partial charge >= 0.3 is 0 Å². The highest BCUT2D eigenvalue weighted by molar-refractivity contribution is 8.13. The highest BCUT2D eigenvalue weighted by Crippen LogP contribution is 2.17. The van der Waals surface area contributed by atoms with E-state index in [1.807, 2.05) is 0 Å². The summed E-state index contributed by atoms with van der Waals surface area (Å²) in [5.74, 6) is -0.349. The first-order chi connectivity index (χ1) is 8.24. The van der Waals surface area contributed by atoms with E-state index in [4.69, 9.17) is 15.4 Å². The molecule has 0 amide bonds. The molecule has 0 aliphatic heterocycles. The Morgan fingerprint density at radius 2 is 1.89 bits per heavy atom. The van der Waals surface area contributed by atoms with Gasteiger partial charge in [-0.2, -0.15) is 0 Å². The molecule has 1 aromatic carbocycles. The molecular formula is C10H13ClO5S2. The van der Waals surface area contributed by atoms with Gasteiger partial charge < -0.3 is 4.74 Å². The van der Waals surface area contributed by atoms with E-state index in [1.165, 1.54) is 31.4 Å². The molecule has 0 spiro atoms. The third-order valence-corrected chi connectivity index (χ3v) is 5.08.